The average molecular weight is 389 g/mol. The quantitative estimate of drug-likeness (QED) is 0.638. The summed E-state index contributed by atoms with van der Waals surface area (Å²) >= 11 is 0. The van der Waals surface area contributed by atoms with Gasteiger partial charge in [0.05, 0.1) is 29.9 Å². The molecule has 1 unspecified atom stereocenters. The first-order chi connectivity index (χ1) is 14.0. The molecule has 2 N–H and O–H groups in total. The molecule has 0 bridgehead atoms. The van der Waals surface area contributed by atoms with Crippen molar-refractivity contribution in [1.29, 1.82) is 5.26 Å². The van der Waals surface area contributed by atoms with Crippen molar-refractivity contribution in [3.8, 4) is 17.9 Å². The second kappa shape index (κ2) is 8.59. The largest absolute Gasteiger partial charge is 0.344 e. The highest BCUT2D eigenvalue weighted by Crippen LogP contribution is 2.20. The Morgan fingerprint density at radius 1 is 1.38 bits per heavy atom. The maximum atomic E-state index is 13.3. The summed E-state index contributed by atoms with van der Waals surface area (Å²) in [6.07, 6.45) is 3.29. The van der Waals surface area contributed by atoms with Gasteiger partial charge in [-0.05, 0) is 32.0 Å². The Morgan fingerprint density at radius 2 is 2.17 bits per heavy atom. The van der Waals surface area contributed by atoms with Gasteiger partial charge in [-0.2, -0.15) is 5.26 Å². The van der Waals surface area contributed by atoms with Crippen molar-refractivity contribution in [3.63, 3.8) is 0 Å². The van der Waals surface area contributed by atoms with E-state index in [1.165, 1.54) is 0 Å². The van der Waals surface area contributed by atoms with Crippen molar-refractivity contribution >= 4 is 17.0 Å². The highest BCUT2D eigenvalue weighted by molar-refractivity contribution is 5.78. The molecule has 0 aliphatic carbocycles. The minimum absolute atomic E-state index is 0.0456. The molecule has 0 radical (unpaired) electrons. The number of imidazole rings is 1. The minimum atomic E-state index is -0.206. The van der Waals surface area contributed by atoms with Gasteiger partial charge in [-0.3, -0.25) is 14.3 Å². The van der Waals surface area contributed by atoms with Crippen LogP contribution in [0.2, 0.25) is 0 Å². The van der Waals surface area contributed by atoms with Gasteiger partial charge in [-0.1, -0.05) is 5.92 Å². The summed E-state index contributed by atoms with van der Waals surface area (Å²) in [5.41, 5.74) is 7.79. The summed E-state index contributed by atoms with van der Waals surface area (Å²) in [6, 6.07) is 7.26. The van der Waals surface area contributed by atoms with Crippen molar-refractivity contribution in [2.75, 3.05) is 18.5 Å². The Hall–Kier alpha value is -3.62. The number of pyridine rings is 2. The van der Waals surface area contributed by atoms with Crippen LogP contribution in [0.5, 0.6) is 0 Å². The van der Waals surface area contributed by atoms with E-state index < -0.39 is 0 Å². The number of nitrogens with two attached hydrogens (primary N) is 1. The van der Waals surface area contributed by atoms with Gasteiger partial charge >= 0.3 is 0 Å². The summed E-state index contributed by atoms with van der Waals surface area (Å²) in [5.74, 6) is 6.53. The standard InChI is InChI=1S/C21H23N7O/c1-4-5-10-28-19-17(25-21(28)26(3)13-15(2)23)8-11-27(20(19)29)14-18-16(12-22)7-6-9-24-18/h6-9,11,15H,10,13-14,23H2,1-3H3. The lowest BCUT2D eigenvalue weighted by Gasteiger charge is -2.20. The Morgan fingerprint density at radius 3 is 2.86 bits per heavy atom. The molecule has 3 rings (SSSR count). The first-order valence-corrected chi connectivity index (χ1v) is 9.26. The maximum absolute atomic E-state index is 13.3. The molecule has 3 heterocycles. The van der Waals surface area contributed by atoms with Crippen LogP contribution in [0.4, 0.5) is 5.95 Å². The van der Waals surface area contributed by atoms with Gasteiger partial charge < -0.3 is 15.2 Å². The molecule has 0 saturated carbocycles. The molecule has 0 amide bonds. The molecule has 0 aliphatic heterocycles. The third-order valence-electron chi connectivity index (χ3n) is 4.50. The van der Waals surface area contributed by atoms with E-state index in [1.807, 2.05) is 23.4 Å². The molecule has 148 valence electrons. The topological polar surface area (TPSA) is 106 Å². The first-order valence-electron chi connectivity index (χ1n) is 9.26. The summed E-state index contributed by atoms with van der Waals surface area (Å²) in [6.45, 7) is 4.82. The van der Waals surface area contributed by atoms with E-state index in [4.69, 9.17) is 5.73 Å². The lowest BCUT2D eigenvalue weighted by molar-refractivity contribution is 0.687. The molecule has 0 aromatic carbocycles. The SMILES string of the molecule is CC#CCn1c(N(C)CC(C)N)nc2ccn(Cc3ncccc3C#N)c(=O)c21. The van der Waals surface area contributed by atoms with Gasteiger partial charge in [-0.25, -0.2) is 4.98 Å². The van der Waals surface area contributed by atoms with E-state index >= 15 is 0 Å². The Bertz CT molecular complexity index is 1190. The average Bonchev–Trinajstić information content (AvgIpc) is 3.08. The molecule has 0 fully saturated rings. The zero-order chi connectivity index (χ0) is 21.0. The number of anilines is 1. The normalized spacial score (nSPS) is 11.6. The van der Waals surface area contributed by atoms with Crippen LogP contribution in [-0.4, -0.2) is 38.7 Å². The van der Waals surface area contributed by atoms with Gasteiger partial charge in [0.25, 0.3) is 5.56 Å². The van der Waals surface area contributed by atoms with Crippen LogP contribution in [-0.2, 0) is 13.1 Å². The molecular formula is C21H23N7O. The van der Waals surface area contributed by atoms with E-state index in [1.54, 1.807) is 42.1 Å². The summed E-state index contributed by atoms with van der Waals surface area (Å²) in [5, 5.41) is 9.29. The number of fused-ring (bicyclic) bond motifs is 1. The van der Waals surface area contributed by atoms with E-state index in [9.17, 15) is 10.1 Å². The van der Waals surface area contributed by atoms with Gasteiger partial charge in [0.2, 0.25) is 5.95 Å². The van der Waals surface area contributed by atoms with Crippen molar-refractivity contribution in [2.45, 2.75) is 33.0 Å². The summed E-state index contributed by atoms with van der Waals surface area (Å²) in [4.78, 5) is 24.1. The van der Waals surface area contributed by atoms with Gasteiger partial charge in [0.15, 0.2) is 0 Å². The number of likely N-dealkylation sites (N-methyl/N-ethyl adjacent to an activating group) is 1. The molecule has 29 heavy (non-hydrogen) atoms. The van der Waals surface area contributed by atoms with E-state index in [-0.39, 0.29) is 18.1 Å². The van der Waals surface area contributed by atoms with Crippen molar-refractivity contribution in [3.05, 3.63) is 52.2 Å². The molecule has 3 aromatic heterocycles. The maximum Gasteiger partial charge on any atom is 0.277 e. The van der Waals surface area contributed by atoms with Crippen LogP contribution in [0, 0.1) is 23.2 Å². The van der Waals surface area contributed by atoms with Crippen molar-refractivity contribution in [1.82, 2.24) is 19.1 Å². The van der Waals surface area contributed by atoms with Gasteiger partial charge in [0.1, 0.15) is 11.6 Å². The predicted molar refractivity (Wildman–Crippen MR) is 112 cm³/mol. The molecule has 1 atom stereocenters. The third-order valence-corrected chi connectivity index (χ3v) is 4.50. The lowest BCUT2D eigenvalue weighted by Crippen LogP contribution is -2.34. The Balaban J connectivity index is 2.14. The second-order valence-corrected chi connectivity index (χ2v) is 6.87. The zero-order valence-electron chi connectivity index (χ0n) is 16.8. The first kappa shape index (κ1) is 20.1. The molecule has 0 saturated heterocycles. The molecule has 8 heteroatoms. The number of hydrogen-bond donors (Lipinski definition) is 1. The minimum Gasteiger partial charge on any atom is -0.344 e. The van der Waals surface area contributed by atoms with Crippen molar-refractivity contribution in [2.24, 2.45) is 5.73 Å². The van der Waals surface area contributed by atoms with Crippen LogP contribution in [0.1, 0.15) is 25.1 Å². The van der Waals surface area contributed by atoms with Crippen LogP contribution in [0.25, 0.3) is 11.0 Å². The third kappa shape index (κ3) is 4.13. The molecule has 3 aromatic rings. The smallest absolute Gasteiger partial charge is 0.277 e. The Labute approximate surface area is 169 Å². The van der Waals surface area contributed by atoms with Gasteiger partial charge in [-0.15, -0.1) is 5.92 Å². The molecule has 0 aliphatic rings. The number of nitriles is 1. The van der Waals surface area contributed by atoms with Gasteiger partial charge in [0, 0.05) is 32.0 Å². The molecule has 0 spiro atoms. The molecular weight excluding hydrogens is 366 g/mol. The van der Waals surface area contributed by atoms with E-state index in [0.717, 1.165) is 0 Å². The zero-order valence-corrected chi connectivity index (χ0v) is 16.8. The highest BCUT2D eigenvalue weighted by atomic mass is 16.1. The second-order valence-electron chi connectivity index (χ2n) is 6.87. The number of aromatic nitrogens is 4. The number of hydrogen-bond acceptors (Lipinski definition) is 6. The highest BCUT2D eigenvalue weighted by Gasteiger charge is 2.19. The fourth-order valence-corrected chi connectivity index (χ4v) is 3.23. The monoisotopic (exact) mass is 389 g/mol. The number of nitrogens with zero attached hydrogens (tertiary/aromatic N) is 6. The summed E-state index contributed by atoms with van der Waals surface area (Å²) in [7, 11) is 1.89. The number of rotatable bonds is 6. The predicted octanol–water partition coefficient (Wildman–Crippen LogP) is 1.32. The lowest BCUT2D eigenvalue weighted by atomic mass is 10.2. The van der Waals surface area contributed by atoms with E-state index in [0.29, 0.717) is 41.3 Å². The van der Waals surface area contributed by atoms with Crippen molar-refractivity contribution < 1.29 is 0 Å². The van der Waals surface area contributed by atoms with Crippen LogP contribution in [0.3, 0.4) is 0 Å². The van der Waals surface area contributed by atoms with Crippen LogP contribution in [0.15, 0.2) is 35.4 Å². The van der Waals surface area contributed by atoms with E-state index in [2.05, 4.69) is 27.9 Å². The summed E-state index contributed by atoms with van der Waals surface area (Å²) < 4.78 is 3.36. The fourth-order valence-electron chi connectivity index (χ4n) is 3.23. The Kier molecular flexibility index (Phi) is 5.96. The fraction of sp³-hybridized carbons (Fsp3) is 0.333. The van der Waals surface area contributed by atoms with Crippen LogP contribution >= 0.6 is 0 Å². The van der Waals surface area contributed by atoms with Crippen LogP contribution < -0.4 is 16.2 Å². The molecule has 8 nitrogen and oxygen atoms in total.